The predicted molar refractivity (Wildman–Crippen MR) is 115 cm³/mol. The van der Waals surface area contributed by atoms with Crippen LogP contribution in [-0.4, -0.2) is 27.2 Å². The molecule has 0 fully saturated rings. The molecule has 0 saturated carbocycles. The lowest BCUT2D eigenvalue weighted by Crippen LogP contribution is -2.34. The highest BCUT2D eigenvalue weighted by Crippen LogP contribution is 2.23. The minimum atomic E-state index is -0.405. The van der Waals surface area contributed by atoms with Gasteiger partial charge >= 0.3 is 6.03 Å². The predicted octanol–water partition coefficient (Wildman–Crippen LogP) is 5.14. The molecule has 0 aliphatic rings. The summed E-state index contributed by atoms with van der Waals surface area (Å²) in [4.78, 5) is 16.6. The first-order valence-electron chi connectivity index (χ1n) is 9.20. The topological polar surface area (TPSA) is 44.8 Å². The summed E-state index contributed by atoms with van der Waals surface area (Å²) >= 11 is 0. The lowest BCUT2D eigenvalue weighted by Gasteiger charge is -2.24. The smallest absolute Gasteiger partial charge is 0.326 e. The number of benzene rings is 3. The molecule has 0 atom stereocenters. The van der Waals surface area contributed by atoms with Crippen LogP contribution in [0.4, 0.5) is 26.2 Å². The Labute approximate surface area is 170 Å². The first-order valence-corrected chi connectivity index (χ1v) is 9.20. The van der Waals surface area contributed by atoms with Gasteiger partial charge in [-0.15, -0.1) is 0 Å². The van der Waals surface area contributed by atoms with E-state index < -0.39 is 5.82 Å². The number of nitrogens with one attached hydrogen (secondary N) is 1. The van der Waals surface area contributed by atoms with Gasteiger partial charge in [-0.1, -0.05) is 18.2 Å². The van der Waals surface area contributed by atoms with Gasteiger partial charge in [0.05, 0.1) is 13.7 Å². The SMILES string of the molecule is COc1ccc(N(Cc2ccc(N(C)C)cc2)C(=O)Nc2cccc(F)c2)cc1. The standard InChI is InChI=1S/C23H24FN3O2/c1-26(2)20-9-7-17(8-10-20)16-27(21-11-13-22(29-3)14-12-21)23(28)25-19-6-4-5-18(24)15-19/h4-15H,16H2,1-3H3,(H,25,28). The van der Waals surface area contributed by atoms with Crippen molar-refractivity contribution in [2.75, 3.05) is 36.3 Å². The summed E-state index contributed by atoms with van der Waals surface area (Å²) in [7, 11) is 5.55. The molecule has 3 aromatic rings. The van der Waals surface area contributed by atoms with Gasteiger partial charge in [-0.3, -0.25) is 4.90 Å². The van der Waals surface area contributed by atoms with E-state index in [-0.39, 0.29) is 6.03 Å². The zero-order valence-electron chi connectivity index (χ0n) is 16.7. The Bertz CT molecular complexity index is 957. The molecule has 0 aliphatic heterocycles. The van der Waals surface area contributed by atoms with Crippen LogP contribution in [0, 0.1) is 5.82 Å². The highest BCUT2D eigenvalue weighted by Gasteiger charge is 2.17. The second kappa shape index (κ2) is 9.10. The average molecular weight is 393 g/mol. The molecule has 0 unspecified atom stereocenters. The summed E-state index contributed by atoms with van der Waals surface area (Å²) in [6.07, 6.45) is 0. The molecule has 0 aromatic heterocycles. The largest absolute Gasteiger partial charge is 0.497 e. The number of amides is 2. The van der Waals surface area contributed by atoms with Gasteiger partial charge in [0.1, 0.15) is 11.6 Å². The summed E-state index contributed by atoms with van der Waals surface area (Å²) in [5.74, 6) is 0.299. The maximum Gasteiger partial charge on any atom is 0.326 e. The number of carbonyl (C=O) groups excluding carboxylic acids is 1. The molecule has 0 aliphatic carbocycles. The molecule has 5 nitrogen and oxygen atoms in total. The number of halogens is 1. The molecule has 0 saturated heterocycles. The lowest BCUT2D eigenvalue weighted by atomic mass is 10.1. The molecule has 3 rings (SSSR count). The van der Waals surface area contributed by atoms with Gasteiger partial charge in [0.2, 0.25) is 0 Å². The van der Waals surface area contributed by atoms with Crippen molar-refractivity contribution in [2.24, 2.45) is 0 Å². The molecule has 0 bridgehead atoms. The van der Waals surface area contributed by atoms with Gasteiger partial charge in [-0.25, -0.2) is 9.18 Å². The summed E-state index contributed by atoms with van der Waals surface area (Å²) in [5, 5.41) is 2.77. The Kier molecular flexibility index (Phi) is 6.34. The van der Waals surface area contributed by atoms with E-state index in [0.717, 1.165) is 11.3 Å². The second-order valence-corrected chi connectivity index (χ2v) is 6.79. The third-order valence-corrected chi connectivity index (χ3v) is 4.50. The number of urea groups is 1. The molecule has 1 N–H and O–H groups in total. The monoisotopic (exact) mass is 393 g/mol. The maximum absolute atomic E-state index is 13.5. The van der Waals surface area contributed by atoms with Crippen LogP contribution >= 0.6 is 0 Å². The fourth-order valence-corrected chi connectivity index (χ4v) is 2.88. The molecule has 2 amide bonds. The van der Waals surface area contributed by atoms with E-state index in [1.54, 1.807) is 36.3 Å². The molecule has 0 spiro atoms. The van der Waals surface area contributed by atoms with Gasteiger partial charge in [0, 0.05) is 31.2 Å². The van der Waals surface area contributed by atoms with Crippen LogP contribution in [0.15, 0.2) is 72.8 Å². The number of ether oxygens (including phenoxy) is 1. The number of nitrogens with zero attached hydrogens (tertiary/aromatic N) is 2. The number of rotatable bonds is 6. The third-order valence-electron chi connectivity index (χ3n) is 4.50. The van der Waals surface area contributed by atoms with E-state index in [2.05, 4.69) is 5.32 Å². The molecule has 29 heavy (non-hydrogen) atoms. The average Bonchev–Trinajstić information content (AvgIpc) is 2.72. The van der Waals surface area contributed by atoms with E-state index in [9.17, 15) is 9.18 Å². The first kappa shape index (κ1) is 20.2. The van der Waals surface area contributed by atoms with Crippen molar-refractivity contribution in [3.05, 3.63) is 84.2 Å². The molecule has 0 radical (unpaired) electrons. The summed E-state index contributed by atoms with van der Waals surface area (Å²) < 4.78 is 18.7. The highest BCUT2D eigenvalue weighted by molar-refractivity contribution is 6.01. The van der Waals surface area contributed by atoms with E-state index in [4.69, 9.17) is 4.74 Å². The Morgan fingerprint density at radius 1 is 0.966 bits per heavy atom. The van der Waals surface area contributed by atoms with E-state index >= 15 is 0 Å². The zero-order chi connectivity index (χ0) is 20.8. The van der Waals surface area contributed by atoms with Crippen molar-refractivity contribution in [1.82, 2.24) is 0 Å². The molecule has 6 heteroatoms. The highest BCUT2D eigenvalue weighted by atomic mass is 19.1. The Balaban J connectivity index is 1.86. The van der Waals surface area contributed by atoms with Crippen molar-refractivity contribution in [3.8, 4) is 5.75 Å². The summed E-state index contributed by atoms with van der Waals surface area (Å²) in [6.45, 7) is 0.362. The van der Waals surface area contributed by atoms with Crippen LogP contribution in [0.25, 0.3) is 0 Å². The number of methoxy groups -OCH3 is 1. The Morgan fingerprint density at radius 3 is 2.21 bits per heavy atom. The molecule has 3 aromatic carbocycles. The van der Waals surface area contributed by atoms with Crippen molar-refractivity contribution in [3.63, 3.8) is 0 Å². The lowest BCUT2D eigenvalue weighted by molar-refractivity contribution is 0.256. The van der Waals surface area contributed by atoms with E-state index in [1.807, 2.05) is 55.4 Å². The zero-order valence-corrected chi connectivity index (χ0v) is 16.7. The van der Waals surface area contributed by atoms with E-state index in [1.165, 1.54) is 12.1 Å². The summed E-state index contributed by atoms with van der Waals surface area (Å²) in [6, 6.07) is 20.7. The fraction of sp³-hybridized carbons (Fsp3) is 0.174. The molecule has 150 valence electrons. The summed E-state index contributed by atoms with van der Waals surface area (Å²) in [5.41, 5.74) is 3.16. The van der Waals surface area contributed by atoms with Crippen molar-refractivity contribution in [1.29, 1.82) is 0 Å². The van der Waals surface area contributed by atoms with Crippen LogP contribution in [0.5, 0.6) is 5.75 Å². The van der Waals surface area contributed by atoms with Crippen molar-refractivity contribution in [2.45, 2.75) is 6.54 Å². The quantitative estimate of drug-likeness (QED) is 0.631. The van der Waals surface area contributed by atoms with E-state index in [0.29, 0.717) is 23.7 Å². The maximum atomic E-state index is 13.5. The minimum Gasteiger partial charge on any atom is -0.497 e. The molecular weight excluding hydrogens is 369 g/mol. The fourth-order valence-electron chi connectivity index (χ4n) is 2.88. The number of hydrogen-bond donors (Lipinski definition) is 1. The molecular formula is C23H24FN3O2. The number of carbonyl (C=O) groups is 1. The Morgan fingerprint density at radius 2 is 1.62 bits per heavy atom. The minimum absolute atomic E-state index is 0.350. The molecule has 0 heterocycles. The number of anilines is 3. The first-order chi connectivity index (χ1) is 14.0. The van der Waals surface area contributed by atoms with Crippen LogP contribution in [-0.2, 0) is 6.54 Å². The van der Waals surface area contributed by atoms with Crippen molar-refractivity contribution >= 4 is 23.1 Å². The van der Waals surface area contributed by atoms with Gasteiger partial charge in [0.25, 0.3) is 0 Å². The normalized spacial score (nSPS) is 10.3. The van der Waals surface area contributed by atoms with Gasteiger partial charge in [0.15, 0.2) is 0 Å². The van der Waals surface area contributed by atoms with Crippen LogP contribution in [0.3, 0.4) is 0 Å². The second-order valence-electron chi connectivity index (χ2n) is 6.79. The van der Waals surface area contributed by atoms with Crippen LogP contribution < -0.4 is 19.9 Å². The van der Waals surface area contributed by atoms with Crippen LogP contribution in [0.1, 0.15) is 5.56 Å². The Hall–Kier alpha value is -3.54. The van der Waals surface area contributed by atoms with Crippen LogP contribution in [0.2, 0.25) is 0 Å². The van der Waals surface area contributed by atoms with Gasteiger partial charge in [-0.2, -0.15) is 0 Å². The number of hydrogen-bond acceptors (Lipinski definition) is 3. The van der Waals surface area contributed by atoms with Crippen molar-refractivity contribution < 1.29 is 13.9 Å². The van der Waals surface area contributed by atoms with Gasteiger partial charge < -0.3 is 15.0 Å². The van der Waals surface area contributed by atoms with Gasteiger partial charge in [-0.05, 0) is 60.2 Å². The third kappa shape index (κ3) is 5.25.